The molecule has 4 heteroatoms. The lowest BCUT2D eigenvalue weighted by Gasteiger charge is -2.16. The number of aromatic nitrogens is 2. The Bertz CT molecular complexity index is 710. The van der Waals surface area contributed by atoms with Gasteiger partial charge in [-0.25, -0.2) is 0 Å². The second-order valence-corrected chi connectivity index (χ2v) is 5.43. The molecule has 0 spiro atoms. The van der Waals surface area contributed by atoms with E-state index in [1.54, 1.807) is 0 Å². The Morgan fingerprint density at radius 3 is 2.90 bits per heavy atom. The van der Waals surface area contributed by atoms with Crippen molar-refractivity contribution in [3.8, 4) is 6.07 Å². The third-order valence-corrected chi connectivity index (χ3v) is 4.26. The van der Waals surface area contributed by atoms with E-state index in [-0.39, 0.29) is 5.78 Å². The zero-order chi connectivity index (χ0) is 14.2. The molecule has 1 fully saturated rings. The summed E-state index contributed by atoms with van der Waals surface area (Å²) in [5, 5.41) is 15.1. The van der Waals surface area contributed by atoms with E-state index in [4.69, 9.17) is 0 Å². The SMILES string of the molecule is CCn1nc(CC2(C#N)CCCC2=O)c2ccccc21. The van der Waals surface area contributed by atoms with Gasteiger partial charge in [-0.3, -0.25) is 9.48 Å². The topological polar surface area (TPSA) is 58.7 Å². The van der Waals surface area contributed by atoms with Crippen molar-refractivity contribution in [1.29, 1.82) is 5.26 Å². The largest absolute Gasteiger partial charge is 0.298 e. The molecule has 0 saturated heterocycles. The zero-order valence-electron chi connectivity index (χ0n) is 11.6. The Morgan fingerprint density at radius 1 is 1.45 bits per heavy atom. The number of carbonyl (C=O) groups excluding carboxylic acids is 1. The molecule has 1 aromatic heterocycles. The number of carbonyl (C=O) groups is 1. The average molecular weight is 267 g/mol. The highest BCUT2D eigenvalue weighted by atomic mass is 16.1. The van der Waals surface area contributed by atoms with E-state index in [0.717, 1.165) is 29.6 Å². The molecular weight excluding hydrogens is 250 g/mol. The molecule has 1 aromatic carbocycles. The Labute approximate surface area is 118 Å². The number of hydrogen-bond acceptors (Lipinski definition) is 3. The van der Waals surface area contributed by atoms with E-state index in [2.05, 4.69) is 11.2 Å². The van der Waals surface area contributed by atoms with Crippen LogP contribution in [0.15, 0.2) is 24.3 Å². The molecule has 0 radical (unpaired) electrons. The predicted octanol–water partition coefficient (Wildman–Crippen LogP) is 2.86. The number of nitrogens with zero attached hydrogens (tertiary/aromatic N) is 3. The molecule has 0 N–H and O–H groups in total. The summed E-state index contributed by atoms with van der Waals surface area (Å²) in [6, 6.07) is 10.3. The average Bonchev–Trinajstić information content (AvgIpc) is 3.02. The minimum absolute atomic E-state index is 0.0788. The number of aryl methyl sites for hydroxylation is 1. The van der Waals surface area contributed by atoms with Crippen molar-refractivity contribution in [2.45, 2.75) is 39.2 Å². The van der Waals surface area contributed by atoms with Gasteiger partial charge >= 0.3 is 0 Å². The standard InChI is InChI=1S/C16H17N3O/c1-2-19-14-7-4-3-6-12(14)13(18-19)10-16(11-17)9-5-8-15(16)20/h3-4,6-7H,2,5,8-10H2,1H3. The minimum Gasteiger partial charge on any atom is -0.298 e. The van der Waals surface area contributed by atoms with Crippen LogP contribution in [0.1, 0.15) is 31.9 Å². The molecule has 0 amide bonds. The maximum atomic E-state index is 12.1. The van der Waals surface area contributed by atoms with Gasteiger partial charge in [0.15, 0.2) is 5.78 Å². The molecule has 1 heterocycles. The quantitative estimate of drug-likeness (QED) is 0.859. The molecule has 0 bridgehead atoms. The van der Waals surface area contributed by atoms with Gasteiger partial charge < -0.3 is 0 Å². The number of para-hydroxylation sites is 1. The number of nitriles is 1. The number of Topliss-reactive ketones (excluding diaryl/α,β-unsaturated/α-hetero) is 1. The lowest BCUT2D eigenvalue weighted by atomic mass is 9.82. The van der Waals surface area contributed by atoms with Crippen LogP contribution in [-0.4, -0.2) is 15.6 Å². The monoisotopic (exact) mass is 267 g/mol. The Kier molecular flexibility index (Phi) is 3.06. The lowest BCUT2D eigenvalue weighted by molar-refractivity contribution is -0.123. The van der Waals surface area contributed by atoms with Crippen LogP contribution in [0.2, 0.25) is 0 Å². The van der Waals surface area contributed by atoms with Gasteiger partial charge in [0.2, 0.25) is 0 Å². The van der Waals surface area contributed by atoms with Gasteiger partial charge in [-0.15, -0.1) is 0 Å². The normalized spacial score (nSPS) is 22.3. The highest BCUT2D eigenvalue weighted by Gasteiger charge is 2.43. The van der Waals surface area contributed by atoms with Gasteiger partial charge in [-0.2, -0.15) is 10.4 Å². The first-order chi connectivity index (χ1) is 9.70. The van der Waals surface area contributed by atoms with Gasteiger partial charge in [0.05, 0.1) is 17.3 Å². The summed E-state index contributed by atoms with van der Waals surface area (Å²) < 4.78 is 1.94. The van der Waals surface area contributed by atoms with E-state index in [0.29, 0.717) is 19.3 Å². The maximum Gasteiger partial charge on any atom is 0.153 e. The molecule has 2 aromatic rings. The Morgan fingerprint density at radius 2 is 2.25 bits per heavy atom. The van der Waals surface area contributed by atoms with Gasteiger partial charge in [-0.1, -0.05) is 18.2 Å². The van der Waals surface area contributed by atoms with Crippen LogP contribution in [0.4, 0.5) is 0 Å². The van der Waals surface area contributed by atoms with Crippen molar-refractivity contribution in [3.63, 3.8) is 0 Å². The Balaban J connectivity index is 2.07. The second kappa shape index (κ2) is 4.75. The zero-order valence-corrected chi connectivity index (χ0v) is 11.6. The van der Waals surface area contributed by atoms with Crippen molar-refractivity contribution in [3.05, 3.63) is 30.0 Å². The molecule has 102 valence electrons. The molecular formula is C16H17N3O. The summed E-state index contributed by atoms with van der Waals surface area (Å²) in [5.74, 6) is 0.0788. The van der Waals surface area contributed by atoms with Crippen molar-refractivity contribution in [1.82, 2.24) is 9.78 Å². The molecule has 1 aliphatic rings. The third kappa shape index (κ3) is 1.82. The maximum absolute atomic E-state index is 12.1. The third-order valence-electron chi connectivity index (χ3n) is 4.26. The summed E-state index contributed by atoms with van der Waals surface area (Å²) in [5.41, 5.74) is 1.10. The molecule has 4 nitrogen and oxygen atoms in total. The number of benzene rings is 1. The van der Waals surface area contributed by atoms with Crippen LogP contribution < -0.4 is 0 Å². The van der Waals surface area contributed by atoms with E-state index in [1.807, 2.05) is 35.9 Å². The van der Waals surface area contributed by atoms with Crippen molar-refractivity contribution >= 4 is 16.7 Å². The predicted molar refractivity (Wildman–Crippen MR) is 76.0 cm³/mol. The molecule has 1 aliphatic carbocycles. The Hall–Kier alpha value is -2.15. The first kappa shape index (κ1) is 12.9. The van der Waals surface area contributed by atoms with Crippen LogP contribution in [0.25, 0.3) is 10.9 Å². The molecule has 0 aliphatic heterocycles. The fourth-order valence-corrected chi connectivity index (χ4v) is 3.13. The van der Waals surface area contributed by atoms with Crippen LogP contribution in [0, 0.1) is 16.7 Å². The fraction of sp³-hybridized carbons (Fsp3) is 0.438. The van der Waals surface area contributed by atoms with E-state index >= 15 is 0 Å². The van der Waals surface area contributed by atoms with Crippen molar-refractivity contribution < 1.29 is 4.79 Å². The van der Waals surface area contributed by atoms with Crippen LogP contribution in [0.5, 0.6) is 0 Å². The highest BCUT2D eigenvalue weighted by Crippen LogP contribution is 2.38. The molecule has 1 atom stereocenters. The first-order valence-corrected chi connectivity index (χ1v) is 7.09. The summed E-state index contributed by atoms with van der Waals surface area (Å²) in [6.07, 6.45) is 2.45. The van der Waals surface area contributed by atoms with Crippen LogP contribution in [-0.2, 0) is 17.8 Å². The summed E-state index contributed by atoms with van der Waals surface area (Å²) >= 11 is 0. The van der Waals surface area contributed by atoms with E-state index in [9.17, 15) is 10.1 Å². The molecule has 20 heavy (non-hydrogen) atoms. The van der Waals surface area contributed by atoms with Crippen molar-refractivity contribution in [2.75, 3.05) is 0 Å². The van der Waals surface area contributed by atoms with Crippen LogP contribution >= 0.6 is 0 Å². The number of ketones is 1. The molecule has 1 saturated carbocycles. The van der Waals surface area contributed by atoms with Crippen LogP contribution in [0.3, 0.4) is 0 Å². The number of hydrogen-bond donors (Lipinski definition) is 0. The highest BCUT2D eigenvalue weighted by molar-refractivity contribution is 5.91. The van der Waals surface area contributed by atoms with E-state index < -0.39 is 5.41 Å². The smallest absolute Gasteiger partial charge is 0.153 e. The van der Waals surface area contributed by atoms with Gasteiger partial charge in [-0.05, 0) is 25.8 Å². The summed E-state index contributed by atoms with van der Waals surface area (Å²) in [4.78, 5) is 12.1. The summed E-state index contributed by atoms with van der Waals surface area (Å²) in [6.45, 7) is 2.83. The molecule has 3 rings (SSSR count). The van der Waals surface area contributed by atoms with Gasteiger partial charge in [0, 0.05) is 24.8 Å². The van der Waals surface area contributed by atoms with Gasteiger partial charge in [0.25, 0.3) is 0 Å². The lowest BCUT2D eigenvalue weighted by Crippen LogP contribution is -2.26. The first-order valence-electron chi connectivity index (χ1n) is 7.09. The number of fused-ring (bicyclic) bond motifs is 1. The molecule has 1 unspecified atom stereocenters. The fourth-order valence-electron chi connectivity index (χ4n) is 3.13. The second-order valence-electron chi connectivity index (χ2n) is 5.43. The van der Waals surface area contributed by atoms with Crippen molar-refractivity contribution in [2.24, 2.45) is 5.41 Å². The summed E-state index contributed by atoms with van der Waals surface area (Å²) in [7, 11) is 0. The number of rotatable bonds is 3. The van der Waals surface area contributed by atoms with Gasteiger partial charge in [0.1, 0.15) is 5.41 Å². The minimum atomic E-state index is -0.851. The van der Waals surface area contributed by atoms with E-state index in [1.165, 1.54) is 0 Å².